The zero-order valence-corrected chi connectivity index (χ0v) is 12.4. The number of carbonyl (C=O) groups excluding carboxylic acids is 1. The molecule has 1 unspecified atom stereocenters. The van der Waals surface area contributed by atoms with Crippen molar-refractivity contribution in [2.24, 2.45) is 0 Å². The fourth-order valence-electron chi connectivity index (χ4n) is 1.38. The second-order valence-corrected chi connectivity index (χ2v) is 5.79. The van der Waals surface area contributed by atoms with E-state index < -0.39 is 0 Å². The normalized spacial score (nSPS) is 12.2. The summed E-state index contributed by atoms with van der Waals surface area (Å²) in [6.07, 6.45) is 0.994. The Morgan fingerprint density at radius 3 is 2.72 bits per heavy atom. The molecule has 0 fully saturated rings. The Morgan fingerprint density at radius 2 is 2.17 bits per heavy atom. The summed E-state index contributed by atoms with van der Waals surface area (Å²) in [7, 11) is 0. The van der Waals surface area contributed by atoms with E-state index in [9.17, 15) is 4.79 Å². The molecule has 0 aromatic heterocycles. The van der Waals surface area contributed by atoms with Crippen LogP contribution in [0.4, 0.5) is 5.69 Å². The molecule has 0 aliphatic heterocycles. The van der Waals surface area contributed by atoms with E-state index in [2.05, 4.69) is 13.8 Å². The third kappa shape index (κ3) is 3.82. The lowest BCUT2D eigenvalue weighted by molar-refractivity contribution is 0.0522. The number of hydrogen-bond acceptors (Lipinski definition) is 4. The van der Waals surface area contributed by atoms with Crippen LogP contribution in [-0.2, 0) is 4.74 Å². The van der Waals surface area contributed by atoms with Crippen LogP contribution in [0.2, 0.25) is 5.02 Å². The van der Waals surface area contributed by atoms with E-state index in [4.69, 9.17) is 22.1 Å². The van der Waals surface area contributed by atoms with Crippen molar-refractivity contribution in [3.05, 3.63) is 22.7 Å². The van der Waals surface area contributed by atoms with Gasteiger partial charge >= 0.3 is 5.97 Å². The fraction of sp³-hybridized carbons (Fsp3) is 0.462. The highest BCUT2D eigenvalue weighted by atomic mass is 35.5. The predicted octanol–water partition coefficient (Wildman–Crippen LogP) is 3.99. The molecule has 0 aliphatic carbocycles. The molecule has 5 heteroatoms. The maximum Gasteiger partial charge on any atom is 0.339 e. The zero-order chi connectivity index (χ0) is 13.7. The lowest BCUT2D eigenvalue weighted by atomic mass is 10.2. The average molecular weight is 288 g/mol. The molecule has 0 amide bonds. The molecule has 2 N–H and O–H groups in total. The van der Waals surface area contributed by atoms with Gasteiger partial charge in [0, 0.05) is 15.8 Å². The first-order valence-electron chi connectivity index (χ1n) is 5.92. The number of halogens is 1. The first kappa shape index (κ1) is 15.2. The summed E-state index contributed by atoms with van der Waals surface area (Å²) in [4.78, 5) is 12.6. The number of anilines is 1. The van der Waals surface area contributed by atoms with E-state index in [0.717, 1.165) is 11.3 Å². The molecule has 0 radical (unpaired) electrons. The molecule has 0 bridgehead atoms. The van der Waals surface area contributed by atoms with E-state index >= 15 is 0 Å². The van der Waals surface area contributed by atoms with Crippen LogP contribution in [0.15, 0.2) is 17.0 Å². The summed E-state index contributed by atoms with van der Waals surface area (Å²) in [5.74, 6) is -0.377. The van der Waals surface area contributed by atoms with Gasteiger partial charge in [0.15, 0.2) is 0 Å². The van der Waals surface area contributed by atoms with Crippen LogP contribution in [0.3, 0.4) is 0 Å². The molecule has 0 saturated heterocycles. The molecule has 1 aromatic rings. The molecule has 1 aromatic carbocycles. The van der Waals surface area contributed by atoms with Gasteiger partial charge in [-0.1, -0.05) is 25.4 Å². The van der Waals surface area contributed by atoms with E-state index in [1.807, 2.05) is 0 Å². The Morgan fingerprint density at radius 1 is 1.50 bits per heavy atom. The van der Waals surface area contributed by atoms with Gasteiger partial charge in [0.1, 0.15) is 0 Å². The van der Waals surface area contributed by atoms with Crippen molar-refractivity contribution in [3.63, 3.8) is 0 Å². The highest BCUT2D eigenvalue weighted by Crippen LogP contribution is 2.36. The molecular weight excluding hydrogens is 270 g/mol. The largest absolute Gasteiger partial charge is 0.462 e. The molecule has 0 saturated carbocycles. The summed E-state index contributed by atoms with van der Waals surface area (Å²) in [6.45, 7) is 6.28. The molecule has 100 valence electrons. The van der Waals surface area contributed by atoms with Crippen molar-refractivity contribution < 1.29 is 9.53 Å². The summed E-state index contributed by atoms with van der Waals surface area (Å²) >= 11 is 7.74. The molecule has 18 heavy (non-hydrogen) atoms. The third-order valence-corrected chi connectivity index (χ3v) is 4.28. The molecule has 1 atom stereocenters. The van der Waals surface area contributed by atoms with Crippen LogP contribution in [0.25, 0.3) is 0 Å². The highest BCUT2D eigenvalue weighted by Gasteiger charge is 2.18. The van der Waals surface area contributed by atoms with Gasteiger partial charge < -0.3 is 10.5 Å². The maximum absolute atomic E-state index is 11.9. The predicted molar refractivity (Wildman–Crippen MR) is 77.4 cm³/mol. The van der Waals surface area contributed by atoms with Gasteiger partial charge in [-0.05, 0) is 25.5 Å². The Labute approximate surface area is 117 Å². The van der Waals surface area contributed by atoms with Gasteiger partial charge in [-0.15, -0.1) is 11.8 Å². The molecule has 0 aliphatic rings. The van der Waals surface area contributed by atoms with Gasteiger partial charge in [0.25, 0.3) is 0 Å². The minimum atomic E-state index is -0.377. The van der Waals surface area contributed by atoms with Crippen LogP contribution in [0.5, 0.6) is 0 Å². The number of nitrogens with two attached hydrogens (primary N) is 1. The van der Waals surface area contributed by atoms with Crippen LogP contribution in [-0.4, -0.2) is 17.8 Å². The molecule has 0 heterocycles. The highest BCUT2D eigenvalue weighted by molar-refractivity contribution is 8.00. The number of hydrogen-bond donors (Lipinski definition) is 1. The Bertz CT molecular complexity index is 437. The number of carbonyl (C=O) groups is 1. The number of thioether (sulfide) groups is 1. The summed E-state index contributed by atoms with van der Waals surface area (Å²) < 4.78 is 5.03. The average Bonchev–Trinajstić information content (AvgIpc) is 2.32. The van der Waals surface area contributed by atoms with Crippen molar-refractivity contribution in [2.75, 3.05) is 12.3 Å². The second-order valence-electron chi connectivity index (χ2n) is 3.94. The van der Waals surface area contributed by atoms with Crippen molar-refractivity contribution in [1.29, 1.82) is 0 Å². The van der Waals surface area contributed by atoms with E-state index in [1.165, 1.54) is 0 Å². The van der Waals surface area contributed by atoms with E-state index in [1.54, 1.807) is 30.8 Å². The fourth-order valence-corrected chi connectivity index (χ4v) is 2.75. The molecule has 0 spiro atoms. The summed E-state index contributed by atoms with van der Waals surface area (Å²) in [5.41, 5.74) is 6.64. The Kier molecular flexibility index (Phi) is 5.82. The minimum Gasteiger partial charge on any atom is -0.462 e. The van der Waals surface area contributed by atoms with Gasteiger partial charge in [0.2, 0.25) is 0 Å². The summed E-state index contributed by atoms with van der Waals surface area (Å²) in [5, 5.41) is 0.877. The van der Waals surface area contributed by atoms with Gasteiger partial charge in [-0.2, -0.15) is 0 Å². The van der Waals surface area contributed by atoms with Crippen LogP contribution >= 0.6 is 23.4 Å². The lowest BCUT2D eigenvalue weighted by Crippen LogP contribution is -2.08. The summed E-state index contributed by atoms with van der Waals surface area (Å²) in [6, 6.07) is 3.28. The van der Waals surface area contributed by atoms with E-state index in [-0.39, 0.29) is 5.97 Å². The van der Waals surface area contributed by atoms with Gasteiger partial charge in [-0.3, -0.25) is 0 Å². The Balaban J connectivity index is 3.16. The first-order valence-corrected chi connectivity index (χ1v) is 7.18. The molecule has 3 nitrogen and oxygen atoms in total. The first-order chi connectivity index (χ1) is 8.49. The zero-order valence-electron chi connectivity index (χ0n) is 10.8. The number of esters is 1. The SMILES string of the molecule is CCOC(=O)c1cc(N)cc(Cl)c1SC(C)CC. The quantitative estimate of drug-likeness (QED) is 0.505. The number of benzene rings is 1. The molecule has 1 rings (SSSR count). The van der Waals surface area contributed by atoms with Gasteiger partial charge in [-0.25, -0.2) is 4.79 Å². The number of rotatable bonds is 5. The van der Waals surface area contributed by atoms with Crippen LogP contribution in [0, 0.1) is 0 Å². The third-order valence-electron chi connectivity index (χ3n) is 2.46. The monoisotopic (exact) mass is 287 g/mol. The lowest BCUT2D eigenvalue weighted by Gasteiger charge is -2.14. The van der Waals surface area contributed by atoms with Crippen molar-refractivity contribution in [3.8, 4) is 0 Å². The second kappa shape index (κ2) is 6.90. The number of nitrogen functional groups attached to an aromatic ring is 1. The van der Waals surface area contributed by atoms with Crippen LogP contribution in [0.1, 0.15) is 37.6 Å². The molecular formula is C13H18ClNO2S. The standard InChI is InChI=1S/C13H18ClNO2S/c1-4-8(3)18-12-10(13(16)17-5-2)6-9(15)7-11(12)14/h6-8H,4-5,15H2,1-3H3. The van der Waals surface area contributed by atoms with Crippen molar-refractivity contribution in [2.45, 2.75) is 37.3 Å². The maximum atomic E-state index is 11.9. The number of ether oxygens (including phenoxy) is 1. The van der Waals surface area contributed by atoms with E-state index in [0.29, 0.717) is 28.1 Å². The van der Waals surface area contributed by atoms with Crippen molar-refractivity contribution in [1.82, 2.24) is 0 Å². The minimum absolute atomic E-state index is 0.332. The van der Waals surface area contributed by atoms with Crippen molar-refractivity contribution >= 4 is 35.0 Å². The van der Waals surface area contributed by atoms with Gasteiger partial charge in [0.05, 0.1) is 17.2 Å². The topological polar surface area (TPSA) is 52.3 Å². The smallest absolute Gasteiger partial charge is 0.339 e. The Hall–Kier alpha value is -0.870. The van der Waals surface area contributed by atoms with Crippen LogP contribution < -0.4 is 5.73 Å².